The molecule has 0 fully saturated rings. The molecular formula is C12H18N2O2. The second kappa shape index (κ2) is 6.12. The molecule has 16 heavy (non-hydrogen) atoms. The van der Waals surface area contributed by atoms with Crippen molar-refractivity contribution in [2.45, 2.75) is 20.3 Å². The monoisotopic (exact) mass is 222 g/mol. The number of carbonyl (C=O) groups excluding carboxylic acids is 1. The Labute approximate surface area is 95.7 Å². The lowest BCUT2D eigenvalue weighted by atomic mass is 10.2. The van der Waals surface area contributed by atoms with Gasteiger partial charge in [0.15, 0.2) is 0 Å². The summed E-state index contributed by atoms with van der Waals surface area (Å²) < 4.78 is 0. The topological polar surface area (TPSA) is 61.4 Å². The predicted molar refractivity (Wildman–Crippen MR) is 64.6 cm³/mol. The molecule has 4 heteroatoms. The number of carbonyl (C=O) groups is 1. The minimum Gasteiger partial charge on any atom is -0.506 e. The molecule has 0 radical (unpaired) electrons. The highest BCUT2D eigenvalue weighted by atomic mass is 16.3. The second-order valence-corrected chi connectivity index (χ2v) is 3.75. The molecule has 0 spiro atoms. The molecule has 0 unspecified atom stereocenters. The van der Waals surface area contributed by atoms with Crippen LogP contribution in [0.3, 0.4) is 0 Å². The number of nitrogens with one attached hydrogen (secondary N) is 2. The van der Waals surface area contributed by atoms with Crippen molar-refractivity contribution < 1.29 is 9.90 Å². The van der Waals surface area contributed by atoms with Crippen molar-refractivity contribution in [3.05, 3.63) is 23.8 Å². The van der Waals surface area contributed by atoms with Crippen LogP contribution < -0.4 is 10.6 Å². The average molecular weight is 222 g/mol. The van der Waals surface area contributed by atoms with Crippen LogP contribution in [0.15, 0.2) is 18.2 Å². The number of benzene rings is 1. The summed E-state index contributed by atoms with van der Waals surface area (Å²) in [6.45, 7) is 5.02. The summed E-state index contributed by atoms with van der Waals surface area (Å²) in [5.74, 6) is -0.0520. The molecule has 4 nitrogen and oxygen atoms in total. The molecule has 0 aliphatic carbocycles. The van der Waals surface area contributed by atoms with E-state index in [1.54, 1.807) is 18.2 Å². The standard InChI is InChI=1S/C12H18N2O2/c1-3-6-13-8-12(16)14-10-7-9(2)4-5-11(10)15/h4-5,7,13,15H,3,6,8H2,1-2H3,(H,14,16). The van der Waals surface area contributed by atoms with Crippen molar-refractivity contribution in [2.75, 3.05) is 18.4 Å². The lowest BCUT2D eigenvalue weighted by Crippen LogP contribution is -2.28. The van der Waals surface area contributed by atoms with Crippen LogP contribution in [0.25, 0.3) is 0 Å². The van der Waals surface area contributed by atoms with E-state index in [0.29, 0.717) is 5.69 Å². The van der Waals surface area contributed by atoms with E-state index in [1.165, 1.54) is 0 Å². The fourth-order valence-electron chi connectivity index (χ4n) is 1.32. The van der Waals surface area contributed by atoms with E-state index in [-0.39, 0.29) is 18.2 Å². The van der Waals surface area contributed by atoms with Gasteiger partial charge in [0.1, 0.15) is 5.75 Å². The third kappa shape index (κ3) is 3.90. The van der Waals surface area contributed by atoms with Crippen molar-refractivity contribution >= 4 is 11.6 Å². The van der Waals surface area contributed by atoms with Gasteiger partial charge in [-0.2, -0.15) is 0 Å². The molecule has 1 rings (SSSR count). The van der Waals surface area contributed by atoms with Gasteiger partial charge in [-0.25, -0.2) is 0 Å². The largest absolute Gasteiger partial charge is 0.506 e. The van der Waals surface area contributed by atoms with Crippen LogP contribution in [0, 0.1) is 6.92 Å². The van der Waals surface area contributed by atoms with Gasteiger partial charge in [0.05, 0.1) is 12.2 Å². The maximum atomic E-state index is 11.5. The Balaban J connectivity index is 2.52. The number of hydrogen-bond donors (Lipinski definition) is 3. The Morgan fingerprint density at radius 1 is 1.44 bits per heavy atom. The van der Waals surface area contributed by atoms with Crippen LogP contribution in [0.5, 0.6) is 5.75 Å². The van der Waals surface area contributed by atoms with Gasteiger partial charge in [-0.15, -0.1) is 0 Å². The maximum absolute atomic E-state index is 11.5. The first-order chi connectivity index (χ1) is 7.63. The summed E-state index contributed by atoms with van der Waals surface area (Å²) in [5, 5.41) is 15.2. The second-order valence-electron chi connectivity index (χ2n) is 3.75. The maximum Gasteiger partial charge on any atom is 0.238 e. The zero-order chi connectivity index (χ0) is 12.0. The van der Waals surface area contributed by atoms with Gasteiger partial charge >= 0.3 is 0 Å². The van der Waals surface area contributed by atoms with Crippen molar-refractivity contribution in [1.29, 1.82) is 0 Å². The molecule has 0 heterocycles. The highest BCUT2D eigenvalue weighted by Gasteiger charge is 2.05. The van der Waals surface area contributed by atoms with Crippen LogP contribution >= 0.6 is 0 Å². The summed E-state index contributed by atoms with van der Waals surface area (Å²) >= 11 is 0. The molecule has 88 valence electrons. The molecule has 3 N–H and O–H groups in total. The number of phenols is 1. The van der Waals surface area contributed by atoms with E-state index in [4.69, 9.17) is 0 Å². The highest BCUT2D eigenvalue weighted by molar-refractivity contribution is 5.93. The number of aryl methyl sites for hydroxylation is 1. The number of anilines is 1. The minimum absolute atomic E-state index is 0.0921. The number of amides is 1. The van der Waals surface area contributed by atoms with Crippen molar-refractivity contribution in [3.63, 3.8) is 0 Å². The first kappa shape index (κ1) is 12.5. The normalized spacial score (nSPS) is 10.1. The van der Waals surface area contributed by atoms with Gasteiger partial charge < -0.3 is 15.7 Å². The summed E-state index contributed by atoms with van der Waals surface area (Å²) in [6.07, 6.45) is 0.989. The molecular weight excluding hydrogens is 204 g/mol. The lowest BCUT2D eigenvalue weighted by molar-refractivity contribution is -0.115. The first-order valence-corrected chi connectivity index (χ1v) is 5.43. The summed E-state index contributed by atoms with van der Waals surface area (Å²) in [7, 11) is 0. The molecule has 0 bridgehead atoms. The third-order valence-corrected chi connectivity index (χ3v) is 2.14. The van der Waals surface area contributed by atoms with Crippen LogP contribution in [-0.2, 0) is 4.79 Å². The van der Waals surface area contributed by atoms with Crippen molar-refractivity contribution in [2.24, 2.45) is 0 Å². The van der Waals surface area contributed by atoms with Crippen LogP contribution in [-0.4, -0.2) is 24.1 Å². The van der Waals surface area contributed by atoms with Gasteiger partial charge in [0, 0.05) is 0 Å². The van der Waals surface area contributed by atoms with Crippen LogP contribution in [0.1, 0.15) is 18.9 Å². The van der Waals surface area contributed by atoms with Crippen LogP contribution in [0.2, 0.25) is 0 Å². The first-order valence-electron chi connectivity index (χ1n) is 5.43. The van der Waals surface area contributed by atoms with Gasteiger partial charge in [-0.05, 0) is 37.6 Å². The van der Waals surface area contributed by atoms with Gasteiger partial charge in [-0.1, -0.05) is 13.0 Å². The number of phenolic OH excluding ortho intramolecular Hbond substituents is 1. The summed E-state index contributed by atoms with van der Waals surface area (Å²) in [5.41, 5.74) is 1.46. The predicted octanol–water partition coefficient (Wildman–Crippen LogP) is 1.64. The smallest absolute Gasteiger partial charge is 0.238 e. The minimum atomic E-state index is -0.144. The van der Waals surface area contributed by atoms with E-state index in [2.05, 4.69) is 10.6 Å². The SMILES string of the molecule is CCCNCC(=O)Nc1cc(C)ccc1O. The average Bonchev–Trinajstić information content (AvgIpc) is 2.24. The summed E-state index contributed by atoms with van der Waals surface area (Å²) in [6, 6.07) is 5.11. The Bertz CT molecular complexity index is 364. The third-order valence-electron chi connectivity index (χ3n) is 2.14. The van der Waals surface area contributed by atoms with E-state index < -0.39 is 0 Å². The van der Waals surface area contributed by atoms with Crippen molar-refractivity contribution in [3.8, 4) is 5.75 Å². The molecule has 0 saturated heterocycles. The van der Waals surface area contributed by atoms with Crippen LogP contribution in [0.4, 0.5) is 5.69 Å². The molecule has 0 atom stereocenters. The fourth-order valence-corrected chi connectivity index (χ4v) is 1.32. The molecule has 1 aromatic rings. The van der Waals surface area contributed by atoms with Crippen molar-refractivity contribution in [1.82, 2.24) is 5.32 Å². The molecule has 1 aromatic carbocycles. The quantitative estimate of drug-likeness (QED) is 0.524. The van der Waals surface area contributed by atoms with Gasteiger partial charge in [0.2, 0.25) is 5.91 Å². The highest BCUT2D eigenvalue weighted by Crippen LogP contribution is 2.23. The zero-order valence-electron chi connectivity index (χ0n) is 9.71. The van der Waals surface area contributed by atoms with E-state index in [1.807, 2.05) is 13.8 Å². The summed E-state index contributed by atoms with van der Waals surface area (Å²) in [4.78, 5) is 11.5. The zero-order valence-corrected chi connectivity index (χ0v) is 9.71. The Morgan fingerprint density at radius 2 is 2.19 bits per heavy atom. The molecule has 0 aromatic heterocycles. The van der Waals surface area contributed by atoms with E-state index >= 15 is 0 Å². The van der Waals surface area contributed by atoms with E-state index in [9.17, 15) is 9.90 Å². The Kier molecular flexibility index (Phi) is 4.79. The number of hydrogen-bond acceptors (Lipinski definition) is 3. The molecule has 1 amide bonds. The van der Waals surface area contributed by atoms with Gasteiger partial charge in [0.25, 0.3) is 0 Å². The Hall–Kier alpha value is -1.55. The lowest BCUT2D eigenvalue weighted by Gasteiger charge is -2.08. The molecule has 0 aliphatic rings. The number of rotatable bonds is 5. The number of aromatic hydroxyl groups is 1. The van der Waals surface area contributed by atoms with Gasteiger partial charge in [-0.3, -0.25) is 4.79 Å². The fraction of sp³-hybridized carbons (Fsp3) is 0.417. The molecule has 0 aliphatic heterocycles. The Morgan fingerprint density at radius 3 is 2.88 bits per heavy atom. The molecule has 0 saturated carbocycles. The van der Waals surface area contributed by atoms with E-state index in [0.717, 1.165) is 18.5 Å².